The molecule has 0 radical (unpaired) electrons. The minimum Gasteiger partial charge on any atom is -0.457 e. The first-order valence-corrected chi connectivity index (χ1v) is 24.5. The molecular formula is C66H57NO. The predicted octanol–water partition coefficient (Wildman–Crippen LogP) is 18.1. The number of unbranched alkanes of at least 4 members (excludes halogenated alkanes) is 1. The highest BCUT2D eigenvalue weighted by molar-refractivity contribution is 6.08. The van der Waals surface area contributed by atoms with E-state index < -0.39 is 0 Å². The quantitative estimate of drug-likeness (QED) is 0.156. The van der Waals surface area contributed by atoms with Crippen molar-refractivity contribution in [2.45, 2.75) is 64.8 Å². The Bertz CT molecular complexity index is 3400. The molecule has 0 N–H and O–H groups in total. The number of para-hydroxylation sites is 2. The van der Waals surface area contributed by atoms with Crippen LogP contribution in [0.3, 0.4) is 0 Å². The van der Waals surface area contributed by atoms with Crippen molar-refractivity contribution in [2.24, 2.45) is 0 Å². The summed E-state index contributed by atoms with van der Waals surface area (Å²) < 4.78 is 8.93. The van der Waals surface area contributed by atoms with Gasteiger partial charge in [-0.2, -0.15) is 0 Å². The Hall–Kier alpha value is -7.68. The number of aryl methyl sites for hydroxylation is 1. The second-order valence-electron chi connectivity index (χ2n) is 18.5. The fourth-order valence-corrected chi connectivity index (χ4v) is 11.4. The van der Waals surface area contributed by atoms with Crippen LogP contribution in [-0.2, 0) is 17.4 Å². The fraction of sp³-hybridized carbons (Fsp3) is 0.152. The Kier molecular flexibility index (Phi) is 11.1. The molecule has 2 aliphatic rings. The molecule has 0 bridgehead atoms. The van der Waals surface area contributed by atoms with E-state index in [2.05, 4.69) is 244 Å². The van der Waals surface area contributed by atoms with Gasteiger partial charge in [-0.05, 0) is 158 Å². The summed E-state index contributed by atoms with van der Waals surface area (Å²) in [5, 5.41) is 7.85. The number of nitrogens with zero attached hydrogens (tertiary/aromatic N) is 1. The number of hydrogen-bond acceptors (Lipinski definition) is 1. The van der Waals surface area contributed by atoms with Gasteiger partial charge in [0.05, 0.1) is 0 Å². The second-order valence-corrected chi connectivity index (χ2v) is 18.5. The first-order valence-electron chi connectivity index (χ1n) is 24.5. The lowest BCUT2D eigenvalue weighted by molar-refractivity contribution is 0.481. The van der Waals surface area contributed by atoms with Crippen molar-refractivity contribution < 1.29 is 4.74 Å². The van der Waals surface area contributed by atoms with E-state index in [0.29, 0.717) is 0 Å². The zero-order chi connectivity index (χ0) is 46.4. The van der Waals surface area contributed by atoms with Crippen LogP contribution in [0.15, 0.2) is 218 Å². The molecule has 11 aromatic rings. The molecule has 13 rings (SSSR count). The summed E-state index contributed by atoms with van der Waals surface area (Å²) in [7, 11) is 0. The van der Waals surface area contributed by atoms with Gasteiger partial charge in [0.15, 0.2) is 0 Å². The van der Waals surface area contributed by atoms with Crippen LogP contribution in [0, 0.1) is 0 Å². The Balaban J connectivity index is 0.000000224. The van der Waals surface area contributed by atoms with Gasteiger partial charge in [-0.15, -0.1) is 0 Å². The van der Waals surface area contributed by atoms with Gasteiger partial charge in [0, 0.05) is 39.2 Å². The number of hydrogen-bond donors (Lipinski definition) is 0. The van der Waals surface area contributed by atoms with Crippen LogP contribution in [-0.4, -0.2) is 4.57 Å². The molecule has 10 aromatic carbocycles. The highest BCUT2D eigenvalue weighted by Gasteiger charge is 2.42. The lowest BCUT2D eigenvalue weighted by Crippen LogP contribution is -2.22. The van der Waals surface area contributed by atoms with Crippen molar-refractivity contribution in [3.8, 4) is 33.8 Å². The zero-order valence-electron chi connectivity index (χ0n) is 39.8. The average Bonchev–Trinajstić information content (AvgIpc) is 3.96. The van der Waals surface area contributed by atoms with Gasteiger partial charge in [-0.25, -0.2) is 0 Å². The SMILES string of the molecule is CC.CC1(c2ccc(Oc3ccc(C4(C)c5ccccc5-c5cc6ccccc6cc54)cc3)cc2)c2ccccc2-c2cc3ccccc3cc21.CCCCn1c2ccccc2c2ccccc21. The van der Waals surface area contributed by atoms with Crippen molar-refractivity contribution in [3.63, 3.8) is 0 Å². The molecule has 2 aliphatic carbocycles. The zero-order valence-corrected chi connectivity index (χ0v) is 39.8. The monoisotopic (exact) mass is 879 g/mol. The highest BCUT2D eigenvalue weighted by Crippen LogP contribution is 2.55. The molecule has 0 amide bonds. The molecule has 332 valence electrons. The lowest BCUT2D eigenvalue weighted by Gasteiger charge is -2.29. The molecule has 68 heavy (non-hydrogen) atoms. The predicted molar refractivity (Wildman–Crippen MR) is 289 cm³/mol. The molecule has 2 unspecified atom stereocenters. The largest absolute Gasteiger partial charge is 0.457 e. The number of benzene rings is 10. The summed E-state index contributed by atoms with van der Waals surface area (Å²) in [6.45, 7) is 12.1. The van der Waals surface area contributed by atoms with Gasteiger partial charge in [-0.1, -0.05) is 185 Å². The third kappa shape index (κ3) is 6.93. The number of fused-ring (bicyclic) bond motifs is 11. The molecule has 1 aromatic heterocycles. The van der Waals surface area contributed by atoms with E-state index in [1.807, 2.05) is 13.8 Å². The van der Waals surface area contributed by atoms with Gasteiger partial charge >= 0.3 is 0 Å². The van der Waals surface area contributed by atoms with E-state index in [-0.39, 0.29) is 10.8 Å². The first kappa shape index (κ1) is 42.9. The van der Waals surface area contributed by atoms with E-state index in [1.165, 1.54) is 112 Å². The van der Waals surface area contributed by atoms with E-state index in [4.69, 9.17) is 4.74 Å². The Labute approximate surface area is 401 Å². The molecular weight excluding hydrogens is 823 g/mol. The van der Waals surface area contributed by atoms with E-state index in [0.717, 1.165) is 18.0 Å². The standard InChI is InChI=1S/C48H34O.C16H17N.C2H6/c1-47(43-17-9-7-15-39(43)41-27-31-11-3-5-13-33(31)29-45(41)47)35-19-23-37(24-20-35)49-38-25-21-36(22-26-38)48(2)44-18-10-8-16-40(44)42-28-32-12-4-6-14-34(32)30-46(42)48;1-2-3-12-17-15-10-6-4-8-13(15)14-9-5-7-11-16(14)17;1-2/h3-30H,1-2H3;4-11H,2-3,12H2,1H3;1-2H3. The molecule has 0 aliphatic heterocycles. The van der Waals surface area contributed by atoms with Crippen LogP contribution in [0.4, 0.5) is 0 Å². The van der Waals surface area contributed by atoms with E-state index in [1.54, 1.807) is 0 Å². The summed E-state index contributed by atoms with van der Waals surface area (Å²) in [5.41, 5.74) is 15.4. The molecule has 0 saturated carbocycles. The number of ether oxygens (including phenoxy) is 1. The van der Waals surface area contributed by atoms with Crippen molar-refractivity contribution in [2.75, 3.05) is 0 Å². The van der Waals surface area contributed by atoms with Crippen LogP contribution < -0.4 is 4.74 Å². The molecule has 2 nitrogen and oxygen atoms in total. The van der Waals surface area contributed by atoms with Crippen molar-refractivity contribution in [3.05, 3.63) is 252 Å². The van der Waals surface area contributed by atoms with Gasteiger partial charge in [0.1, 0.15) is 11.5 Å². The molecule has 0 spiro atoms. The Morgan fingerprint density at radius 1 is 0.382 bits per heavy atom. The molecule has 0 fully saturated rings. The maximum Gasteiger partial charge on any atom is 0.127 e. The normalized spacial score (nSPS) is 16.3. The van der Waals surface area contributed by atoms with Gasteiger partial charge in [-0.3, -0.25) is 0 Å². The smallest absolute Gasteiger partial charge is 0.127 e. The van der Waals surface area contributed by atoms with Crippen LogP contribution in [0.2, 0.25) is 0 Å². The van der Waals surface area contributed by atoms with Gasteiger partial charge in [0.25, 0.3) is 0 Å². The Morgan fingerprint density at radius 2 is 0.750 bits per heavy atom. The third-order valence-corrected chi connectivity index (χ3v) is 14.9. The van der Waals surface area contributed by atoms with Crippen LogP contribution in [0.5, 0.6) is 11.5 Å². The second kappa shape index (κ2) is 17.5. The summed E-state index contributed by atoms with van der Waals surface area (Å²) >= 11 is 0. The summed E-state index contributed by atoms with van der Waals surface area (Å²) in [4.78, 5) is 0. The van der Waals surface area contributed by atoms with Gasteiger partial charge < -0.3 is 9.30 Å². The van der Waals surface area contributed by atoms with E-state index in [9.17, 15) is 0 Å². The fourth-order valence-electron chi connectivity index (χ4n) is 11.4. The summed E-state index contributed by atoms with van der Waals surface area (Å²) in [6, 6.07) is 79.4. The van der Waals surface area contributed by atoms with Crippen molar-refractivity contribution in [1.82, 2.24) is 4.57 Å². The summed E-state index contributed by atoms with van der Waals surface area (Å²) in [6.07, 6.45) is 2.48. The van der Waals surface area contributed by atoms with Gasteiger partial charge in [0.2, 0.25) is 0 Å². The topological polar surface area (TPSA) is 14.2 Å². The number of aromatic nitrogens is 1. The average molecular weight is 880 g/mol. The lowest BCUT2D eigenvalue weighted by atomic mass is 9.74. The minimum absolute atomic E-state index is 0.259. The van der Waals surface area contributed by atoms with Crippen LogP contribution in [0.1, 0.15) is 80.8 Å². The maximum atomic E-state index is 6.47. The molecule has 1 heterocycles. The first-order chi connectivity index (χ1) is 33.4. The molecule has 2 atom stereocenters. The van der Waals surface area contributed by atoms with Crippen molar-refractivity contribution >= 4 is 43.4 Å². The highest BCUT2D eigenvalue weighted by atomic mass is 16.5. The van der Waals surface area contributed by atoms with Crippen molar-refractivity contribution in [1.29, 1.82) is 0 Å². The maximum absolute atomic E-state index is 6.47. The third-order valence-electron chi connectivity index (χ3n) is 14.9. The minimum atomic E-state index is -0.259. The van der Waals surface area contributed by atoms with E-state index >= 15 is 0 Å². The van der Waals surface area contributed by atoms with Crippen LogP contribution in [0.25, 0.3) is 65.6 Å². The molecule has 0 saturated heterocycles. The van der Waals surface area contributed by atoms with Crippen LogP contribution >= 0.6 is 0 Å². The Morgan fingerprint density at radius 3 is 1.18 bits per heavy atom. The number of rotatable bonds is 7. The molecule has 2 heteroatoms. The summed E-state index contributed by atoms with van der Waals surface area (Å²) in [5.74, 6) is 1.67.